The molecule has 0 aromatic heterocycles. The van der Waals surface area contributed by atoms with Gasteiger partial charge in [-0.25, -0.2) is 0 Å². The molecule has 0 saturated carbocycles. The number of nitrogens with zero attached hydrogens (tertiary/aromatic N) is 1. The third-order valence-electron chi connectivity index (χ3n) is 2.68. The van der Waals surface area contributed by atoms with Gasteiger partial charge in [-0.05, 0) is 19.8 Å². The summed E-state index contributed by atoms with van der Waals surface area (Å²) in [7, 11) is 0. The summed E-state index contributed by atoms with van der Waals surface area (Å²) in [6.45, 7) is 4.72. The summed E-state index contributed by atoms with van der Waals surface area (Å²) in [5.41, 5.74) is 5.60. The van der Waals surface area contributed by atoms with Gasteiger partial charge in [-0.1, -0.05) is 0 Å². The number of likely N-dealkylation sites (tertiary alicyclic amines) is 1. The average molecular weight is 264 g/mol. The number of nitrogens with one attached hydrogen (secondary N) is 1. The van der Waals surface area contributed by atoms with Gasteiger partial charge in [-0.15, -0.1) is 12.4 Å². The van der Waals surface area contributed by atoms with E-state index in [9.17, 15) is 9.59 Å². The molecule has 3 N–H and O–H groups in total. The number of halogens is 1. The van der Waals surface area contributed by atoms with Crippen molar-refractivity contribution in [3.63, 3.8) is 0 Å². The molecule has 100 valence electrons. The van der Waals surface area contributed by atoms with Gasteiger partial charge in [0, 0.05) is 38.5 Å². The minimum atomic E-state index is -0.103. The molecule has 1 aliphatic heterocycles. The van der Waals surface area contributed by atoms with E-state index in [0.29, 0.717) is 13.0 Å². The highest BCUT2D eigenvalue weighted by atomic mass is 35.5. The topological polar surface area (TPSA) is 75.4 Å². The molecule has 1 heterocycles. The maximum absolute atomic E-state index is 11.8. The van der Waals surface area contributed by atoms with E-state index in [0.717, 1.165) is 19.4 Å². The zero-order chi connectivity index (χ0) is 12.1. The van der Waals surface area contributed by atoms with E-state index in [4.69, 9.17) is 5.73 Å². The molecule has 1 rings (SSSR count). The lowest BCUT2D eigenvalue weighted by Gasteiger charge is -2.33. The fourth-order valence-corrected chi connectivity index (χ4v) is 2.01. The van der Waals surface area contributed by atoms with Crippen LogP contribution < -0.4 is 11.1 Å². The van der Waals surface area contributed by atoms with E-state index in [1.165, 1.54) is 6.92 Å². The summed E-state index contributed by atoms with van der Waals surface area (Å²) in [5, 5.41) is 2.86. The van der Waals surface area contributed by atoms with Crippen molar-refractivity contribution in [2.45, 2.75) is 45.2 Å². The van der Waals surface area contributed by atoms with Crippen molar-refractivity contribution in [2.75, 3.05) is 13.1 Å². The van der Waals surface area contributed by atoms with E-state index in [2.05, 4.69) is 5.32 Å². The van der Waals surface area contributed by atoms with Gasteiger partial charge in [0.05, 0.1) is 0 Å². The second-order valence-electron chi connectivity index (χ2n) is 4.56. The highest BCUT2D eigenvalue weighted by Crippen LogP contribution is 2.11. The van der Waals surface area contributed by atoms with Crippen LogP contribution in [0.2, 0.25) is 0 Å². The van der Waals surface area contributed by atoms with Gasteiger partial charge < -0.3 is 16.0 Å². The minimum Gasteiger partial charge on any atom is -0.352 e. The van der Waals surface area contributed by atoms with E-state index in [1.54, 1.807) is 4.90 Å². The minimum absolute atomic E-state index is 0. The van der Waals surface area contributed by atoms with Crippen molar-refractivity contribution in [2.24, 2.45) is 5.73 Å². The summed E-state index contributed by atoms with van der Waals surface area (Å²) >= 11 is 0. The van der Waals surface area contributed by atoms with Gasteiger partial charge in [0.2, 0.25) is 11.8 Å². The zero-order valence-corrected chi connectivity index (χ0v) is 11.3. The van der Waals surface area contributed by atoms with E-state index in [-0.39, 0.29) is 36.3 Å². The Bertz CT molecular complexity index is 271. The molecule has 5 nitrogen and oxygen atoms in total. The Labute approximate surface area is 109 Å². The molecule has 0 aromatic rings. The Kier molecular flexibility index (Phi) is 7.15. The molecule has 1 fully saturated rings. The summed E-state index contributed by atoms with van der Waals surface area (Å²) in [5.74, 6) is 0.0524. The first-order valence-corrected chi connectivity index (χ1v) is 5.79. The fraction of sp³-hybridized carbons (Fsp3) is 0.818. The normalized spacial score (nSPS) is 21.4. The van der Waals surface area contributed by atoms with E-state index >= 15 is 0 Å². The smallest absolute Gasteiger partial charge is 0.224 e. The first-order chi connectivity index (χ1) is 7.49. The number of hydrogen-bond acceptors (Lipinski definition) is 3. The first-order valence-electron chi connectivity index (χ1n) is 5.79. The quantitative estimate of drug-likeness (QED) is 0.768. The van der Waals surface area contributed by atoms with Crippen LogP contribution in [0.4, 0.5) is 0 Å². The monoisotopic (exact) mass is 263 g/mol. The first kappa shape index (κ1) is 16.2. The Morgan fingerprint density at radius 3 is 2.71 bits per heavy atom. The largest absolute Gasteiger partial charge is 0.352 e. The van der Waals surface area contributed by atoms with Crippen LogP contribution in [0.1, 0.15) is 33.1 Å². The lowest BCUT2D eigenvalue weighted by Crippen LogP contribution is -2.49. The van der Waals surface area contributed by atoms with E-state index < -0.39 is 0 Å². The molecule has 0 spiro atoms. The molecule has 1 aliphatic rings. The van der Waals surface area contributed by atoms with Crippen LogP contribution in [0, 0.1) is 0 Å². The molecule has 1 saturated heterocycles. The summed E-state index contributed by atoms with van der Waals surface area (Å²) < 4.78 is 0. The van der Waals surface area contributed by atoms with Crippen molar-refractivity contribution < 1.29 is 9.59 Å². The molecule has 0 aliphatic carbocycles. The van der Waals surface area contributed by atoms with Crippen LogP contribution in [0.3, 0.4) is 0 Å². The van der Waals surface area contributed by atoms with Gasteiger partial charge in [0.15, 0.2) is 0 Å². The number of nitrogens with two attached hydrogens (primary N) is 1. The summed E-state index contributed by atoms with van der Waals surface area (Å²) in [6, 6.07) is -0.00285. The highest BCUT2D eigenvalue weighted by Gasteiger charge is 2.24. The fourth-order valence-electron chi connectivity index (χ4n) is 2.01. The van der Waals surface area contributed by atoms with Crippen LogP contribution in [-0.4, -0.2) is 41.9 Å². The van der Waals surface area contributed by atoms with Crippen molar-refractivity contribution in [1.29, 1.82) is 0 Å². The van der Waals surface area contributed by atoms with Gasteiger partial charge in [-0.2, -0.15) is 0 Å². The zero-order valence-electron chi connectivity index (χ0n) is 10.4. The average Bonchev–Trinajstić information content (AvgIpc) is 2.16. The number of rotatable bonds is 3. The van der Waals surface area contributed by atoms with Gasteiger partial charge in [0.1, 0.15) is 0 Å². The van der Waals surface area contributed by atoms with Crippen molar-refractivity contribution in [3.8, 4) is 0 Å². The maximum Gasteiger partial charge on any atom is 0.224 e. The van der Waals surface area contributed by atoms with Crippen LogP contribution >= 0.6 is 12.4 Å². The number of carbonyl (C=O) groups excluding carboxylic acids is 2. The van der Waals surface area contributed by atoms with Crippen molar-refractivity contribution in [1.82, 2.24) is 10.2 Å². The number of hydrogen-bond donors (Lipinski definition) is 2. The molecular formula is C11H22ClN3O2. The van der Waals surface area contributed by atoms with Crippen LogP contribution in [-0.2, 0) is 9.59 Å². The van der Waals surface area contributed by atoms with Crippen LogP contribution in [0.5, 0.6) is 0 Å². The maximum atomic E-state index is 11.8. The predicted molar refractivity (Wildman–Crippen MR) is 68.9 cm³/mol. The Morgan fingerprint density at radius 2 is 2.18 bits per heavy atom. The molecule has 2 unspecified atom stereocenters. The Hall–Kier alpha value is -0.810. The molecule has 17 heavy (non-hydrogen) atoms. The Morgan fingerprint density at radius 1 is 1.53 bits per heavy atom. The highest BCUT2D eigenvalue weighted by molar-refractivity contribution is 5.85. The van der Waals surface area contributed by atoms with Crippen LogP contribution in [0.15, 0.2) is 0 Å². The molecule has 0 bridgehead atoms. The standard InChI is InChI=1S/C11H21N3O2.ClH/c1-8(12)6-11(16)14-5-3-4-10(7-14)13-9(2)15;/h8,10H,3-7,12H2,1-2H3,(H,13,15);1H. The molecule has 0 radical (unpaired) electrons. The van der Waals surface area contributed by atoms with Crippen molar-refractivity contribution >= 4 is 24.2 Å². The third kappa shape index (κ3) is 5.89. The molecule has 6 heteroatoms. The molecule has 0 aromatic carbocycles. The van der Waals surface area contributed by atoms with Gasteiger partial charge in [-0.3, -0.25) is 9.59 Å². The lowest BCUT2D eigenvalue weighted by atomic mass is 10.0. The van der Waals surface area contributed by atoms with Crippen molar-refractivity contribution in [3.05, 3.63) is 0 Å². The number of piperidine rings is 1. The molecular weight excluding hydrogens is 242 g/mol. The Balaban J connectivity index is 0.00000256. The summed E-state index contributed by atoms with van der Waals surface area (Å²) in [4.78, 5) is 24.5. The molecule has 2 atom stereocenters. The third-order valence-corrected chi connectivity index (χ3v) is 2.68. The predicted octanol–water partition coefficient (Wildman–Crippen LogP) is 0.273. The van der Waals surface area contributed by atoms with Gasteiger partial charge in [0.25, 0.3) is 0 Å². The second-order valence-corrected chi connectivity index (χ2v) is 4.56. The summed E-state index contributed by atoms with van der Waals surface area (Å²) in [6.07, 6.45) is 2.27. The lowest BCUT2D eigenvalue weighted by molar-refractivity contribution is -0.133. The SMILES string of the molecule is CC(=O)NC1CCCN(C(=O)CC(C)N)C1.Cl. The number of carbonyl (C=O) groups is 2. The number of amides is 2. The second kappa shape index (κ2) is 7.50. The van der Waals surface area contributed by atoms with Gasteiger partial charge >= 0.3 is 0 Å². The molecule has 2 amide bonds. The van der Waals surface area contributed by atoms with E-state index in [1.807, 2.05) is 6.92 Å². The van der Waals surface area contributed by atoms with Crippen LogP contribution in [0.25, 0.3) is 0 Å².